The third kappa shape index (κ3) is 8.95. The van der Waals surface area contributed by atoms with Crippen molar-refractivity contribution in [3.8, 4) is 0 Å². The molecule has 3 rings (SSSR count). The molecule has 218 valence electrons. The molecular formula is C31H46O8. The molecule has 1 N–H and O–H groups in total. The van der Waals surface area contributed by atoms with Crippen LogP contribution in [0.3, 0.4) is 0 Å². The normalized spacial score (nSPS) is 37.8. The Morgan fingerprint density at radius 2 is 1.95 bits per heavy atom. The van der Waals surface area contributed by atoms with Crippen molar-refractivity contribution in [2.45, 2.75) is 109 Å². The van der Waals surface area contributed by atoms with E-state index in [4.69, 9.17) is 23.7 Å². The van der Waals surface area contributed by atoms with Crippen molar-refractivity contribution in [3.63, 3.8) is 0 Å². The summed E-state index contributed by atoms with van der Waals surface area (Å²) in [5.41, 5.74) is 0.431. The zero-order chi connectivity index (χ0) is 28.8. The Labute approximate surface area is 233 Å². The number of esters is 1. The van der Waals surface area contributed by atoms with Gasteiger partial charge in [0, 0.05) is 19.8 Å². The monoisotopic (exact) mass is 546 g/mol. The maximum atomic E-state index is 12.5. The molecule has 1 spiro atoms. The molecule has 0 aromatic rings. The van der Waals surface area contributed by atoms with Gasteiger partial charge in [0.15, 0.2) is 11.6 Å². The van der Waals surface area contributed by atoms with Crippen LogP contribution in [0.2, 0.25) is 0 Å². The number of hydrogen-bond acceptors (Lipinski definition) is 8. The highest BCUT2D eigenvalue weighted by Gasteiger charge is 2.62. The van der Waals surface area contributed by atoms with Gasteiger partial charge >= 0.3 is 5.97 Å². The van der Waals surface area contributed by atoms with E-state index in [1.165, 1.54) is 13.0 Å². The van der Waals surface area contributed by atoms with Gasteiger partial charge in [-0.05, 0) is 64.5 Å². The van der Waals surface area contributed by atoms with E-state index in [0.717, 1.165) is 18.4 Å². The number of carbonyl (C=O) groups excluding carboxylic acids is 2. The molecule has 0 aliphatic carbocycles. The van der Waals surface area contributed by atoms with Gasteiger partial charge in [0.05, 0.1) is 25.4 Å². The minimum Gasteiger partial charge on any atom is -0.459 e. The maximum Gasteiger partial charge on any atom is 0.303 e. The first kappa shape index (κ1) is 31.4. The molecule has 0 aromatic heterocycles. The Hall–Kier alpha value is -2.10. The van der Waals surface area contributed by atoms with E-state index < -0.39 is 29.7 Å². The number of hydrogen-bond donors (Lipinski definition) is 1. The summed E-state index contributed by atoms with van der Waals surface area (Å²) in [4.78, 5) is 23.5. The second kappa shape index (κ2) is 13.5. The zero-order valence-corrected chi connectivity index (χ0v) is 24.3. The van der Waals surface area contributed by atoms with Crippen LogP contribution in [0, 0.1) is 11.8 Å². The fourth-order valence-corrected chi connectivity index (χ4v) is 5.54. The van der Waals surface area contributed by atoms with Crippen LogP contribution in [0.5, 0.6) is 0 Å². The predicted molar refractivity (Wildman–Crippen MR) is 148 cm³/mol. The van der Waals surface area contributed by atoms with Crippen LogP contribution >= 0.6 is 0 Å². The lowest BCUT2D eigenvalue weighted by atomic mass is 9.81. The third-order valence-electron chi connectivity index (χ3n) is 7.83. The van der Waals surface area contributed by atoms with Gasteiger partial charge in [-0.15, -0.1) is 6.58 Å². The van der Waals surface area contributed by atoms with Gasteiger partial charge < -0.3 is 28.8 Å². The molecule has 0 unspecified atom stereocenters. The standard InChI is InChI=1S/C31H46O8/c1-8-15-35-30(7)18-31(19-36-31)29(34)28(39-30)14-10-20(2)9-13-27-21(3)16-25(23(5)38-27)17-26(33)12-11-22(4)37-24(6)32/h8-12,14,21-23,25,27-29,34H,1,13,15-19H2,2-7H3/b12-11-,14-10+,20-9+/t21-,22-,23+,25-,27-,28+,29+,30-,31+/m0/s1. The lowest BCUT2D eigenvalue weighted by molar-refractivity contribution is -0.291. The van der Waals surface area contributed by atoms with Crippen LogP contribution in [0.4, 0.5) is 0 Å². The SMILES string of the molecule is C=CCO[C@]1(C)C[C@@]2(CO2)[C@H](O)[C@@H](/C=C/C(C)=C/C[C@@H]2O[C@H](C)[C@H](CC(=O)/C=C\[C@H](C)OC(C)=O)C[C@@H]2C)O1. The topological polar surface area (TPSA) is 104 Å². The molecule has 3 saturated heterocycles. The minimum atomic E-state index is -0.855. The zero-order valence-electron chi connectivity index (χ0n) is 24.3. The van der Waals surface area contributed by atoms with Crippen LogP contribution in [0.1, 0.15) is 67.2 Å². The van der Waals surface area contributed by atoms with Gasteiger partial charge in [-0.1, -0.05) is 36.8 Å². The van der Waals surface area contributed by atoms with Crippen LogP contribution in [0.25, 0.3) is 0 Å². The van der Waals surface area contributed by atoms with Crippen molar-refractivity contribution in [1.29, 1.82) is 0 Å². The third-order valence-corrected chi connectivity index (χ3v) is 7.83. The largest absolute Gasteiger partial charge is 0.459 e. The van der Waals surface area contributed by atoms with Crippen molar-refractivity contribution in [2.24, 2.45) is 11.8 Å². The molecule has 8 nitrogen and oxygen atoms in total. The van der Waals surface area contributed by atoms with E-state index in [2.05, 4.69) is 19.6 Å². The van der Waals surface area contributed by atoms with E-state index in [1.807, 2.05) is 32.9 Å². The van der Waals surface area contributed by atoms with Gasteiger partial charge in [0.1, 0.15) is 23.9 Å². The molecule has 0 radical (unpaired) electrons. The molecule has 3 aliphatic heterocycles. The average Bonchev–Trinajstić information content (AvgIpc) is 3.63. The number of aliphatic hydroxyl groups excluding tert-OH is 1. The van der Waals surface area contributed by atoms with Gasteiger partial charge in [0.25, 0.3) is 0 Å². The summed E-state index contributed by atoms with van der Waals surface area (Å²) in [6.45, 7) is 15.7. The molecule has 9 atom stereocenters. The quantitative estimate of drug-likeness (QED) is 0.124. The van der Waals surface area contributed by atoms with Gasteiger partial charge in [-0.2, -0.15) is 0 Å². The van der Waals surface area contributed by atoms with Crippen molar-refractivity contribution < 1.29 is 38.4 Å². The lowest BCUT2D eigenvalue weighted by Gasteiger charge is -2.43. The summed E-state index contributed by atoms with van der Waals surface area (Å²) in [6.07, 6.45) is 11.6. The molecule has 8 heteroatoms. The Morgan fingerprint density at radius 1 is 1.23 bits per heavy atom. The Morgan fingerprint density at radius 3 is 2.59 bits per heavy atom. The van der Waals surface area contributed by atoms with Crippen LogP contribution in [-0.4, -0.2) is 72.0 Å². The van der Waals surface area contributed by atoms with Gasteiger partial charge in [-0.3, -0.25) is 9.59 Å². The van der Waals surface area contributed by atoms with Crippen LogP contribution in [0.15, 0.2) is 48.6 Å². The fourth-order valence-electron chi connectivity index (χ4n) is 5.54. The number of epoxide rings is 1. The molecular weight excluding hydrogens is 500 g/mol. The number of allylic oxidation sites excluding steroid dienone is 3. The number of rotatable bonds is 12. The Kier molecular flexibility index (Phi) is 10.9. The highest BCUT2D eigenvalue weighted by molar-refractivity contribution is 5.89. The first-order chi connectivity index (χ1) is 18.4. The summed E-state index contributed by atoms with van der Waals surface area (Å²) in [6, 6.07) is 0. The number of carbonyl (C=O) groups is 2. The summed E-state index contributed by atoms with van der Waals surface area (Å²) in [5, 5.41) is 10.8. The van der Waals surface area contributed by atoms with E-state index in [1.54, 1.807) is 19.1 Å². The summed E-state index contributed by atoms with van der Waals surface area (Å²) < 4.78 is 29.0. The second-order valence-electron chi connectivity index (χ2n) is 11.5. The second-order valence-corrected chi connectivity index (χ2v) is 11.5. The van der Waals surface area contributed by atoms with Crippen molar-refractivity contribution >= 4 is 11.8 Å². The molecule has 0 bridgehead atoms. The van der Waals surface area contributed by atoms with E-state index >= 15 is 0 Å². The number of ether oxygens (including phenoxy) is 5. The number of aliphatic hydroxyl groups is 1. The molecule has 0 amide bonds. The Balaban J connectivity index is 1.51. The van der Waals surface area contributed by atoms with E-state index in [0.29, 0.717) is 32.0 Å². The van der Waals surface area contributed by atoms with E-state index in [9.17, 15) is 14.7 Å². The molecule has 0 aromatic carbocycles. The van der Waals surface area contributed by atoms with Crippen molar-refractivity contribution in [1.82, 2.24) is 0 Å². The molecule has 3 fully saturated rings. The summed E-state index contributed by atoms with van der Waals surface area (Å²) in [7, 11) is 0. The van der Waals surface area contributed by atoms with Crippen molar-refractivity contribution in [3.05, 3.63) is 48.6 Å². The van der Waals surface area contributed by atoms with Gasteiger partial charge in [0.2, 0.25) is 0 Å². The first-order valence-corrected chi connectivity index (χ1v) is 14.0. The number of ketones is 1. The summed E-state index contributed by atoms with van der Waals surface area (Å²) >= 11 is 0. The first-order valence-electron chi connectivity index (χ1n) is 14.0. The maximum absolute atomic E-state index is 12.5. The van der Waals surface area contributed by atoms with Crippen LogP contribution < -0.4 is 0 Å². The average molecular weight is 547 g/mol. The molecule has 3 aliphatic rings. The van der Waals surface area contributed by atoms with E-state index in [-0.39, 0.29) is 29.9 Å². The van der Waals surface area contributed by atoms with Crippen LogP contribution in [-0.2, 0) is 33.3 Å². The highest BCUT2D eigenvalue weighted by atomic mass is 16.7. The predicted octanol–water partition coefficient (Wildman–Crippen LogP) is 4.61. The summed E-state index contributed by atoms with van der Waals surface area (Å²) in [5.74, 6) is -0.771. The molecule has 39 heavy (non-hydrogen) atoms. The molecule has 0 saturated carbocycles. The smallest absolute Gasteiger partial charge is 0.303 e. The minimum absolute atomic E-state index is 0.0115. The fraction of sp³-hybridized carbons (Fsp3) is 0.677. The lowest BCUT2D eigenvalue weighted by Crippen LogP contribution is -2.56. The Bertz CT molecular complexity index is 964. The van der Waals surface area contributed by atoms with Gasteiger partial charge in [-0.25, -0.2) is 0 Å². The molecule has 3 heterocycles. The van der Waals surface area contributed by atoms with Crippen molar-refractivity contribution in [2.75, 3.05) is 13.2 Å². The highest BCUT2D eigenvalue weighted by Crippen LogP contribution is 2.47.